The van der Waals surface area contributed by atoms with Crippen molar-refractivity contribution in [2.45, 2.75) is 71.4 Å². The SMILES string of the molecule is COc1c(CN2O[C@@H](CO)[C@@H]([C@H](C)O)[C@H]2C(=O)N[C@H]2C[C@H]3C[C@@H]([C@@H]2C)C3(C)C)cccc1-c1cc(C(=O)NCCNC(=O)CBr)cc(N(C)C)c1. The molecule has 0 unspecified atom stereocenters. The summed E-state index contributed by atoms with van der Waals surface area (Å²) < 4.78 is 6.01. The summed E-state index contributed by atoms with van der Waals surface area (Å²) in [6.07, 6.45) is 0.435. The van der Waals surface area contributed by atoms with E-state index in [1.807, 2.05) is 43.3 Å². The molecule has 12 nitrogen and oxygen atoms in total. The van der Waals surface area contributed by atoms with E-state index in [4.69, 9.17) is 9.57 Å². The zero-order chi connectivity index (χ0) is 37.2. The Morgan fingerprint density at radius 1 is 1.14 bits per heavy atom. The lowest BCUT2D eigenvalue weighted by Gasteiger charge is -2.62. The Bertz CT molecular complexity index is 1590. The highest BCUT2D eigenvalue weighted by Gasteiger charge is 2.57. The molecule has 3 saturated carbocycles. The van der Waals surface area contributed by atoms with E-state index in [0.29, 0.717) is 35.6 Å². The van der Waals surface area contributed by atoms with Gasteiger partial charge >= 0.3 is 0 Å². The molecule has 0 aromatic heterocycles. The van der Waals surface area contributed by atoms with Gasteiger partial charge in [0.15, 0.2) is 0 Å². The van der Waals surface area contributed by atoms with Crippen molar-refractivity contribution in [1.82, 2.24) is 21.0 Å². The van der Waals surface area contributed by atoms with E-state index in [2.05, 4.69) is 52.7 Å². The topological polar surface area (TPSA) is 153 Å². The molecule has 1 saturated heterocycles. The number of carbonyl (C=O) groups excluding carboxylic acids is 3. The summed E-state index contributed by atoms with van der Waals surface area (Å²) in [6.45, 7) is 8.87. The number of hydrogen-bond donors (Lipinski definition) is 5. The van der Waals surface area contributed by atoms with E-state index in [-0.39, 0.29) is 54.2 Å². The van der Waals surface area contributed by atoms with E-state index in [9.17, 15) is 24.6 Å². The van der Waals surface area contributed by atoms with Crippen molar-refractivity contribution in [3.63, 3.8) is 0 Å². The van der Waals surface area contributed by atoms with Crippen molar-refractivity contribution in [3.05, 3.63) is 47.5 Å². The molecule has 4 aliphatic rings. The molecule has 6 rings (SSSR count). The average Bonchev–Trinajstić information content (AvgIpc) is 3.48. The highest BCUT2D eigenvalue weighted by Crippen LogP contribution is 2.61. The quantitative estimate of drug-likeness (QED) is 0.144. The Morgan fingerprint density at radius 3 is 2.47 bits per heavy atom. The summed E-state index contributed by atoms with van der Waals surface area (Å²) in [6, 6.07) is 10.5. The minimum absolute atomic E-state index is 0.0280. The van der Waals surface area contributed by atoms with E-state index in [1.165, 1.54) is 6.42 Å². The third-order valence-corrected chi connectivity index (χ3v) is 12.1. The Labute approximate surface area is 309 Å². The fourth-order valence-corrected chi connectivity index (χ4v) is 8.71. The van der Waals surface area contributed by atoms with Gasteiger partial charge in [0.1, 0.15) is 17.9 Å². The zero-order valence-corrected chi connectivity index (χ0v) is 32.3. The van der Waals surface area contributed by atoms with E-state index in [0.717, 1.165) is 28.8 Å². The van der Waals surface area contributed by atoms with Gasteiger partial charge < -0.3 is 35.8 Å². The Balaban J connectivity index is 1.41. The van der Waals surface area contributed by atoms with Crippen molar-refractivity contribution >= 4 is 39.3 Å². The first-order chi connectivity index (χ1) is 24.2. The number of hydrogen-bond acceptors (Lipinski definition) is 9. The van der Waals surface area contributed by atoms with Crippen LogP contribution in [0.15, 0.2) is 36.4 Å². The normalized spacial score (nSPS) is 27.2. The number of alkyl halides is 1. The monoisotopic (exact) mass is 771 g/mol. The molecule has 0 radical (unpaired) electrons. The fourth-order valence-electron chi connectivity index (χ4n) is 8.51. The van der Waals surface area contributed by atoms with Crippen molar-refractivity contribution in [1.29, 1.82) is 0 Å². The van der Waals surface area contributed by atoms with Gasteiger partial charge in [-0.1, -0.05) is 54.9 Å². The van der Waals surface area contributed by atoms with E-state index < -0.39 is 24.2 Å². The van der Waals surface area contributed by atoms with Crippen LogP contribution in [0.2, 0.25) is 0 Å². The van der Waals surface area contributed by atoms with Gasteiger partial charge in [0.25, 0.3) is 5.91 Å². The molecule has 2 bridgehead atoms. The number of aliphatic hydroxyl groups is 2. The second kappa shape index (κ2) is 16.2. The Kier molecular flexibility index (Phi) is 12.4. The van der Waals surface area contributed by atoms with Gasteiger partial charge in [0.2, 0.25) is 11.8 Å². The molecule has 4 fully saturated rings. The highest BCUT2D eigenvalue weighted by molar-refractivity contribution is 9.09. The third kappa shape index (κ3) is 8.07. The van der Waals surface area contributed by atoms with Gasteiger partial charge in [-0.3, -0.25) is 19.2 Å². The number of para-hydroxylation sites is 1. The van der Waals surface area contributed by atoms with Crippen LogP contribution in [0.5, 0.6) is 5.75 Å². The van der Waals surface area contributed by atoms with Gasteiger partial charge in [0.05, 0.1) is 31.7 Å². The lowest BCUT2D eigenvalue weighted by Crippen LogP contribution is -2.62. The van der Waals surface area contributed by atoms with Crippen LogP contribution in [0.25, 0.3) is 11.1 Å². The number of methoxy groups -OCH3 is 1. The number of benzene rings is 2. The molecule has 5 N–H and O–H groups in total. The molecule has 0 spiro atoms. The molecule has 13 heteroatoms. The minimum atomic E-state index is -0.911. The van der Waals surface area contributed by atoms with Gasteiger partial charge in [-0.05, 0) is 66.7 Å². The number of nitrogens with one attached hydrogen (secondary N) is 3. The predicted molar refractivity (Wildman–Crippen MR) is 199 cm³/mol. The lowest BCUT2D eigenvalue weighted by molar-refractivity contribution is -0.183. The van der Waals surface area contributed by atoms with Crippen LogP contribution in [0.4, 0.5) is 5.69 Å². The Morgan fingerprint density at radius 2 is 1.86 bits per heavy atom. The first-order valence-electron chi connectivity index (χ1n) is 17.8. The summed E-state index contributed by atoms with van der Waals surface area (Å²) in [5.74, 6) is 0.667. The van der Waals surface area contributed by atoms with Crippen LogP contribution in [0.1, 0.15) is 56.5 Å². The summed E-state index contributed by atoms with van der Waals surface area (Å²) in [5, 5.41) is 31.9. The zero-order valence-electron chi connectivity index (χ0n) is 30.7. The average molecular weight is 773 g/mol. The van der Waals surface area contributed by atoms with Crippen molar-refractivity contribution in [3.8, 4) is 16.9 Å². The van der Waals surface area contributed by atoms with Crippen LogP contribution < -0.4 is 25.6 Å². The third-order valence-electron chi connectivity index (χ3n) is 11.6. The largest absolute Gasteiger partial charge is 0.496 e. The molecule has 3 amide bonds. The first-order valence-corrected chi connectivity index (χ1v) is 19.0. The summed E-state index contributed by atoms with van der Waals surface area (Å²) in [7, 11) is 5.37. The summed E-state index contributed by atoms with van der Waals surface area (Å²) >= 11 is 3.11. The molecule has 1 heterocycles. The smallest absolute Gasteiger partial charge is 0.251 e. The maximum atomic E-state index is 14.2. The minimum Gasteiger partial charge on any atom is -0.496 e. The van der Waals surface area contributed by atoms with Gasteiger partial charge in [0, 0.05) is 61.5 Å². The summed E-state index contributed by atoms with van der Waals surface area (Å²) in [4.78, 5) is 47.1. The maximum absolute atomic E-state index is 14.2. The Hall–Kier alpha value is -3.23. The van der Waals surface area contributed by atoms with E-state index >= 15 is 0 Å². The van der Waals surface area contributed by atoms with Gasteiger partial charge in [-0.25, -0.2) is 0 Å². The number of aliphatic hydroxyl groups excluding tert-OH is 2. The standard InChI is InChI=1S/C38H54BrN5O7/c1-21-29-16-26(38(29,3)4)17-30(21)42-37(49)34-33(22(2)46)31(20-45)51-44(34)19-23-9-8-10-28(35(23)50-7)24-13-25(15-27(14-24)43(5)6)36(48)41-12-11-40-32(47)18-39/h8-10,13-15,21-22,26,29-31,33-34,45-46H,11-12,16-20H2,1-7H3,(H,40,47)(H,41,48)(H,42,49)/t21-,22-,26+,29-,30-,31-,33+,34-/m0/s1. The molecule has 3 aliphatic carbocycles. The first kappa shape index (κ1) is 39.0. The van der Waals surface area contributed by atoms with Crippen LogP contribution in [-0.4, -0.2) is 104 Å². The van der Waals surface area contributed by atoms with Crippen LogP contribution >= 0.6 is 15.9 Å². The second-order valence-corrected chi connectivity index (χ2v) is 15.7. The van der Waals surface area contributed by atoms with Crippen LogP contribution in [0, 0.1) is 29.1 Å². The molecular weight excluding hydrogens is 718 g/mol. The number of ether oxygens (including phenoxy) is 1. The van der Waals surface area contributed by atoms with E-state index in [1.54, 1.807) is 31.2 Å². The molecule has 2 aromatic rings. The van der Waals surface area contributed by atoms with Crippen LogP contribution in [0.3, 0.4) is 0 Å². The van der Waals surface area contributed by atoms with Crippen LogP contribution in [-0.2, 0) is 21.0 Å². The fraction of sp³-hybridized carbons (Fsp3) is 0.605. The highest BCUT2D eigenvalue weighted by atomic mass is 79.9. The molecule has 1 aliphatic heterocycles. The van der Waals surface area contributed by atoms with Gasteiger partial charge in [-0.2, -0.15) is 5.06 Å². The lowest BCUT2D eigenvalue weighted by atomic mass is 9.45. The number of rotatable bonds is 14. The van der Waals surface area contributed by atoms with Gasteiger partial charge in [-0.15, -0.1) is 0 Å². The number of carbonyl (C=O) groups is 3. The second-order valence-electron chi connectivity index (χ2n) is 15.1. The number of fused-ring (bicyclic) bond motifs is 2. The molecule has 280 valence electrons. The molecule has 8 atom stereocenters. The number of hydroxylamine groups is 2. The number of nitrogens with zero attached hydrogens (tertiary/aromatic N) is 2. The number of amides is 3. The number of anilines is 1. The number of halogens is 1. The van der Waals surface area contributed by atoms with Crippen molar-refractivity contribution < 1.29 is 34.2 Å². The molecule has 2 aromatic carbocycles. The summed E-state index contributed by atoms with van der Waals surface area (Å²) in [5.41, 5.74) is 3.74. The molecular formula is C38H54BrN5O7. The van der Waals surface area contributed by atoms with Crippen molar-refractivity contribution in [2.75, 3.05) is 51.1 Å². The van der Waals surface area contributed by atoms with Crippen molar-refractivity contribution in [2.24, 2.45) is 29.1 Å². The predicted octanol–water partition coefficient (Wildman–Crippen LogP) is 3.33. The molecule has 51 heavy (non-hydrogen) atoms. The maximum Gasteiger partial charge on any atom is 0.251 e.